The molecule has 2 aromatic heterocycles. The Bertz CT molecular complexity index is 788. The zero-order valence-corrected chi connectivity index (χ0v) is 16.5. The topological polar surface area (TPSA) is 57.7 Å². The van der Waals surface area contributed by atoms with Crippen molar-refractivity contribution in [3.63, 3.8) is 0 Å². The predicted molar refractivity (Wildman–Crippen MR) is 107 cm³/mol. The number of thiophene rings is 1. The van der Waals surface area contributed by atoms with Crippen molar-refractivity contribution in [2.24, 2.45) is 0 Å². The van der Waals surface area contributed by atoms with Crippen molar-refractivity contribution in [2.45, 2.75) is 32.4 Å². The van der Waals surface area contributed by atoms with Gasteiger partial charge in [-0.1, -0.05) is 6.92 Å². The Labute approximate surface area is 164 Å². The van der Waals surface area contributed by atoms with Gasteiger partial charge in [-0.05, 0) is 47.5 Å². The first-order valence-electron chi connectivity index (χ1n) is 9.64. The lowest BCUT2D eigenvalue weighted by molar-refractivity contribution is 0.122. The second kappa shape index (κ2) is 8.27. The van der Waals surface area contributed by atoms with E-state index in [1.54, 1.807) is 11.3 Å². The van der Waals surface area contributed by atoms with Crippen LogP contribution in [0.5, 0.6) is 0 Å². The fourth-order valence-corrected chi connectivity index (χ4v) is 4.82. The van der Waals surface area contributed by atoms with Gasteiger partial charge in [-0.2, -0.15) is 0 Å². The van der Waals surface area contributed by atoms with Crippen LogP contribution in [0.1, 0.15) is 35.4 Å². The number of carbonyl (C=O) groups excluding carboxylic acids is 1. The number of aromatic nitrogens is 1. The first kappa shape index (κ1) is 18.3. The molecule has 7 heteroatoms. The van der Waals surface area contributed by atoms with Crippen LogP contribution in [0, 0.1) is 0 Å². The number of rotatable bonds is 4. The number of carbonyl (C=O) groups is 1. The number of urea groups is 1. The smallest absolute Gasteiger partial charge is 0.318 e. The maximum atomic E-state index is 12.8. The summed E-state index contributed by atoms with van der Waals surface area (Å²) in [6.07, 6.45) is 3.71. The SMILES string of the molecule is CCC1c2ccsc2CCN1C(=O)NCc1ccnc(N2CCOCC2)c1. The Morgan fingerprint density at radius 1 is 1.33 bits per heavy atom. The van der Waals surface area contributed by atoms with Gasteiger partial charge < -0.3 is 19.9 Å². The lowest BCUT2D eigenvalue weighted by Crippen LogP contribution is -2.45. The molecule has 1 saturated heterocycles. The number of nitrogens with one attached hydrogen (secondary N) is 1. The van der Waals surface area contributed by atoms with Crippen molar-refractivity contribution in [1.82, 2.24) is 15.2 Å². The Kier molecular flexibility index (Phi) is 5.59. The van der Waals surface area contributed by atoms with Gasteiger partial charge in [-0.3, -0.25) is 0 Å². The molecule has 6 nitrogen and oxygen atoms in total. The monoisotopic (exact) mass is 386 g/mol. The summed E-state index contributed by atoms with van der Waals surface area (Å²) >= 11 is 1.80. The van der Waals surface area contributed by atoms with E-state index in [1.165, 1.54) is 10.4 Å². The molecule has 1 unspecified atom stereocenters. The third-order valence-corrected chi connectivity index (χ3v) is 6.33. The molecule has 0 spiro atoms. The van der Waals surface area contributed by atoms with Crippen LogP contribution in [0.2, 0.25) is 0 Å². The van der Waals surface area contributed by atoms with E-state index in [0.717, 1.165) is 57.1 Å². The van der Waals surface area contributed by atoms with Gasteiger partial charge in [0, 0.05) is 37.3 Å². The van der Waals surface area contributed by atoms with Gasteiger partial charge in [0.1, 0.15) is 5.82 Å². The zero-order valence-electron chi connectivity index (χ0n) is 15.7. The summed E-state index contributed by atoms with van der Waals surface area (Å²) in [6, 6.07) is 6.40. The molecule has 0 bridgehead atoms. The molecule has 0 aromatic carbocycles. The molecule has 0 saturated carbocycles. The van der Waals surface area contributed by atoms with Crippen molar-refractivity contribution in [3.8, 4) is 0 Å². The van der Waals surface area contributed by atoms with Crippen molar-refractivity contribution in [1.29, 1.82) is 0 Å². The van der Waals surface area contributed by atoms with Crippen LogP contribution in [0.25, 0.3) is 0 Å². The maximum Gasteiger partial charge on any atom is 0.318 e. The molecule has 4 rings (SSSR count). The number of ether oxygens (including phenoxy) is 1. The van der Waals surface area contributed by atoms with Gasteiger partial charge in [0.25, 0.3) is 0 Å². The number of morpholine rings is 1. The van der Waals surface area contributed by atoms with Crippen LogP contribution in [-0.2, 0) is 17.7 Å². The lowest BCUT2D eigenvalue weighted by atomic mass is 9.98. The molecule has 0 aliphatic carbocycles. The second-order valence-corrected chi connectivity index (χ2v) is 7.95. The standard InChI is InChI=1S/C20H26N4O2S/c1-2-17-16-5-12-27-18(16)4-7-24(17)20(25)22-14-15-3-6-21-19(13-15)23-8-10-26-11-9-23/h3,5-6,12-13,17H,2,4,7-11,14H2,1H3,(H,22,25). The van der Waals surface area contributed by atoms with Crippen LogP contribution in [0.15, 0.2) is 29.8 Å². The first-order valence-corrected chi connectivity index (χ1v) is 10.5. The highest BCUT2D eigenvalue weighted by Crippen LogP contribution is 2.35. The molecular formula is C20H26N4O2S. The van der Waals surface area contributed by atoms with E-state index < -0.39 is 0 Å². The van der Waals surface area contributed by atoms with Gasteiger partial charge in [0.15, 0.2) is 0 Å². The normalized spacial score (nSPS) is 19.7. The summed E-state index contributed by atoms with van der Waals surface area (Å²) < 4.78 is 5.41. The molecule has 144 valence electrons. The largest absolute Gasteiger partial charge is 0.378 e. The minimum atomic E-state index is 0.0171. The fourth-order valence-electron chi connectivity index (χ4n) is 3.89. The number of nitrogens with zero attached hydrogens (tertiary/aromatic N) is 3. The highest BCUT2D eigenvalue weighted by atomic mass is 32.1. The summed E-state index contributed by atoms with van der Waals surface area (Å²) in [5.41, 5.74) is 2.39. The molecule has 2 aromatic rings. The van der Waals surface area contributed by atoms with E-state index in [0.29, 0.717) is 6.54 Å². The molecule has 1 atom stereocenters. The van der Waals surface area contributed by atoms with Crippen molar-refractivity contribution in [3.05, 3.63) is 45.8 Å². The molecular weight excluding hydrogens is 360 g/mol. The average molecular weight is 387 g/mol. The molecule has 0 radical (unpaired) electrons. The van der Waals surface area contributed by atoms with Gasteiger partial charge in [0.2, 0.25) is 0 Å². The zero-order chi connectivity index (χ0) is 18.6. The number of hydrogen-bond acceptors (Lipinski definition) is 5. The molecule has 2 aliphatic rings. The predicted octanol–water partition coefficient (Wildman–Crippen LogP) is 3.20. The van der Waals surface area contributed by atoms with E-state index >= 15 is 0 Å². The lowest BCUT2D eigenvalue weighted by Gasteiger charge is -2.35. The molecule has 1 fully saturated rings. The number of fused-ring (bicyclic) bond motifs is 1. The van der Waals surface area contributed by atoms with Crippen LogP contribution >= 0.6 is 11.3 Å². The van der Waals surface area contributed by atoms with E-state index in [1.807, 2.05) is 17.2 Å². The Balaban J connectivity index is 1.39. The summed E-state index contributed by atoms with van der Waals surface area (Å²) in [7, 11) is 0. The summed E-state index contributed by atoms with van der Waals surface area (Å²) in [5.74, 6) is 0.956. The summed E-state index contributed by atoms with van der Waals surface area (Å²) in [5, 5.41) is 5.24. The molecule has 1 N–H and O–H groups in total. The quantitative estimate of drug-likeness (QED) is 0.877. The van der Waals surface area contributed by atoms with E-state index in [2.05, 4.69) is 39.6 Å². The summed E-state index contributed by atoms with van der Waals surface area (Å²) in [4.78, 5) is 22.9. The number of anilines is 1. The van der Waals surface area contributed by atoms with Gasteiger partial charge in [-0.25, -0.2) is 9.78 Å². The highest BCUT2D eigenvalue weighted by molar-refractivity contribution is 7.10. The average Bonchev–Trinajstić information content (AvgIpc) is 3.21. The summed E-state index contributed by atoms with van der Waals surface area (Å²) in [6.45, 7) is 6.64. The van der Waals surface area contributed by atoms with Crippen molar-refractivity contribution in [2.75, 3.05) is 37.7 Å². The minimum absolute atomic E-state index is 0.0171. The van der Waals surface area contributed by atoms with Gasteiger partial charge >= 0.3 is 6.03 Å². The second-order valence-electron chi connectivity index (χ2n) is 6.95. The van der Waals surface area contributed by atoms with E-state index in [9.17, 15) is 4.79 Å². The van der Waals surface area contributed by atoms with Crippen molar-refractivity contribution >= 4 is 23.2 Å². The number of pyridine rings is 1. The molecule has 4 heterocycles. The molecule has 2 amide bonds. The fraction of sp³-hybridized carbons (Fsp3) is 0.500. The Hall–Kier alpha value is -2.12. The Morgan fingerprint density at radius 3 is 3.00 bits per heavy atom. The molecule has 27 heavy (non-hydrogen) atoms. The first-order chi connectivity index (χ1) is 13.3. The Morgan fingerprint density at radius 2 is 2.19 bits per heavy atom. The number of amides is 2. The number of hydrogen-bond donors (Lipinski definition) is 1. The minimum Gasteiger partial charge on any atom is -0.378 e. The van der Waals surface area contributed by atoms with Crippen LogP contribution < -0.4 is 10.2 Å². The van der Waals surface area contributed by atoms with Crippen LogP contribution in [0.4, 0.5) is 10.6 Å². The van der Waals surface area contributed by atoms with Crippen LogP contribution in [-0.4, -0.2) is 48.8 Å². The maximum absolute atomic E-state index is 12.8. The molecule has 2 aliphatic heterocycles. The third-order valence-electron chi connectivity index (χ3n) is 5.33. The van der Waals surface area contributed by atoms with Crippen molar-refractivity contribution < 1.29 is 9.53 Å². The van der Waals surface area contributed by atoms with Gasteiger partial charge in [-0.15, -0.1) is 11.3 Å². The van der Waals surface area contributed by atoms with Crippen LogP contribution in [0.3, 0.4) is 0 Å². The van der Waals surface area contributed by atoms with E-state index in [-0.39, 0.29) is 12.1 Å². The van der Waals surface area contributed by atoms with Gasteiger partial charge in [0.05, 0.1) is 19.3 Å². The third kappa shape index (κ3) is 3.94. The highest BCUT2D eigenvalue weighted by Gasteiger charge is 2.30. The van der Waals surface area contributed by atoms with E-state index in [4.69, 9.17) is 4.74 Å².